The standard InChI is InChI=1S/C5H14N.C4H6O5/c1-5-6(2,3)4;5-2(4(8)9)1-3(6)7/h5H2,1-4H3;2,5H,1H2,(H,6,7)(H,8,9)/q+1;/p-1. The monoisotopic (exact) mass is 221 g/mol. The molecule has 2 N–H and O–H groups in total. The fourth-order valence-electron chi connectivity index (χ4n) is 0.245. The van der Waals surface area contributed by atoms with Crippen LogP contribution in [0.4, 0.5) is 0 Å². The number of nitrogens with zero attached hydrogens (tertiary/aromatic N) is 1. The zero-order chi connectivity index (χ0) is 12.6. The molecular formula is C9H19NO5. The summed E-state index contributed by atoms with van der Waals surface area (Å²) in [5, 5.41) is 25.7. The predicted molar refractivity (Wildman–Crippen MR) is 51.8 cm³/mol. The molecule has 6 nitrogen and oxygen atoms in total. The number of hydrogen-bond donors (Lipinski definition) is 2. The van der Waals surface area contributed by atoms with Gasteiger partial charge in [0, 0.05) is 12.4 Å². The van der Waals surface area contributed by atoms with Crippen molar-refractivity contribution in [2.24, 2.45) is 0 Å². The zero-order valence-electron chi connectivity index (χ0n) is 9.56. The van der Waals surface area contributed by atoms with Gasteiger partial charge in [0.15, 0.2) is 6.10 Å². The molecule has 0 aromatic heterocycles. The molecule has 0 heterocycles. The van der Waals surface area contributed by atoms with Gasteiger partial charge in [-0.2, -0.15) is 0 Å². The van der Waals surface area contributed by atoms with Crippen LogP contribution in [0, 0.1) is 0 Å². The number of aliphatic hydroxyl groups excluding tert-OH is 1. The van der Waals surface area contributed by atoms with Crippen LogP contribution in [0.1, 0.15) is 13.3 Å². The third-order valence-electron chi connectivity index (χ3n) is 1.59. The Labute approximate surface area is 89.3 Å². The average Bonchev–Trinajstić information content (AvgIpc) is 2.02. The number of rotatable bonds is 4. The summed E-state index contributed by atoms with van der Waals surface area (Å²) in [6.45, 7) is 3.39. The van der Waals surface area contributed by atoms with Crippen molar-refractivity contribution in [3.05, 3.63) is 0 Å². The Balaban J connectivity index is 0. The Hall–Kier alpha value is -1.14. The summed E-state index contributed by atoms with van der Waals surface area (Å²) in [6, 6.07) is 0. The molecule has 6 heteroatoms. The van der Waals surface area contributed by atoms with Gasteiger partial charge in [0.25, 0.3) is 0 Å². The fraction of sp³-hybridized carbons (Fsp3) is 0.778. The summed E-state index contributed by atoms with van der Waals surface area (Å²) in [5.41, 5.74) is 0. The first-order chi connectivity index (χ1) is 6.60. The number of aliphatic carboxylic acids is 2. The van der Waals surface area contributed by atoms with Crippen molar-refractivity contribution in [3.63, 3.8) is 0 Å². The number of hydrogen-bond acceptors (Lipinski definition) is 4. The van der Waals surface area contributed by atoms with Crippen molar-refractivity contribution in [2.45, 2.75) is 19.4 Å². The molecule has 1 unspecified atom stereocenters. The number of quaternary nitrogens is 1. The Bertz CT molecular complexity index is 209. The van der Waals surface area contributed by atoms with Crippen LogP contribution in [0.25, 0.3) is 0 Å². The Morgan fingerprint density at radius 2 is 1.67 bits per heavy atom. The van der Waals surface area contributed by atoms with Gasteiger partial charge in [-0.1, -0.05) is 0 Å². The van der Waals surface area contributed by atoms with E-state index in [1.165, 1.54) is 6.54 Å². The minimum Gasteiger partial charge on any atom is -0.550 e. The first-order valence-corrected chi connectivity index (χ1v) is 4.51. The van der Waals surface area contributed by atoms with E-state index in [0.29, 0.717) is 0 Å². The van der Waals surface area contributed by atoms with Gasteiger partial charge in [-0.15, -0.1) is 0 Å². The van der Waals surface area contributed by atoms with E-state index in [0.717, 1.165) is 4.48 Å². The van der Waals surface area contributed by atoms with Gasteiger partial charge in [-0.25, -0.2) is 4.79 Å². The average molecular weight is 221 g/mol. The molecule has 0 bridgehead atoms. The van der Waals surface area contributed by atoms with Crippen LogP contribution in [-0.4, -0.2) is 60.4 Å². The van der Waals surface area contributed by atoms with Gasteiger partial charge in [-0.05, 0) is 6.92 Å². The molecule has 0 aromatic carbocycles. The highest BCUT2D eigenvalue weighted by Crippen LogP contribution is 1.87. The zero-order valence-corrected chi connectivity index (χ0v) is 9.56. The van der Waals surface area contributed by atoms with Gasteiger partial charge >= 0.3 is 5.97 Å². The van der Waals surface area contributed by atoms with E-state index in [9.17, 15) is 14.7 Å². The summed E-state index contributed by atoms with van der Waals surface area (Å²) in [6.07, 6.45) is -2.72. The number of carbonyl (C=O) groups excluding carboxylic acids is 1. The van der Waals surface area contributed by atoms with E-state index in [1.54, 1.807) is 0 Å². The second-order valence-electron chi connectivity index (χ2n) is 4.04. The molecule has 0 amide bonds. The lowest BCUT2D eigenvalue weighted by Gasteiger charge is -2.20. The lowest BCUT2D eigenvalue weighted by Crippen LogP contribution is -2.33. The van der Waals surface area contributed by atoms with Crippen LogP contribution in [0.5, 0.6) is 0 Å². The molecule has 0 fully saturated rings. The molecule has 0 spiro atoms. The molecular weight excluding hydrogens is 202 g/mol. The lowest BCUT2D eigenvalue weighted by atomic mass is 10.3. The molecule has 0 saturated heterocycles. The minimum absolute atomic E-state index is 0.866. The Morgan fingerprint density at radius 3 is 1.73 bits per heavy atom. The maximum Gasteiger partial charge on any atom is 0.332 e. The molecule has 15 heavy (non-hydrogen) atoms. The third-order valence-corrected chi connectivity index (χ3v) is 1.59. The van der Waals surface area contributed by atoms with Crippen molar-refractivity contribution in [2.75, 3.05) is 27.7 Å². The van der Waals surface area contributed by atoms with Crippen LogP contribution >= 0.6 is 0 Å². The highest BCUT2D eigenvalue weighted by molar-refractivity contribution is 5.78. The van der Waals surface area contributed by atoms with E-state index in [4.69, 9.17) is 10.2 Å². The summed E-state index contributed by atoms with van der Waals surface area (Å²) in [5.74, 6) is -3.14. The quantitative estimate of drug-likeness (QED) is 0.550. The number of carbonyl (C=O) groups is 2. The maximum atomic E-state index is 9.69. The van der Waals surface area contributed by atoms with Crippen molar-refractivity contribution in [1.29, 1.82) is 0 Å². The maximum absolute atomic E-state index is 9.69. The number of aliphatic hydroxyl groups is 1. The predicted octanol–water partition coefficient (Wildman–Crippen LogP) is -1.72. The summed E-state index contributed by atoms with van der Waals surface area (Å²) >= 11 is 0. The van der Waals surface area contributed by atoms with E-state index in [2.05, 4.69) is 28.1 Å². The molecule has 0 saturated carbocycles. The summed E-state index contributed by atoms with van der Waals surface area (Å²) in [7, 11) is 6.54. The van der Waals surface area contributed by atoms with Gasteiger partial charge < -0.3 is 24.6 Å². The topological polar surface area (TPSA) is 97.7 Å². The molecule has 0 aliphatic rings. The Kier molecular flexibility index (Phi) is 7.81. The molecule has 1 atom stereocenters. The summed E-state index contributed by atoms with van der Waals surface area (Å²) < 4.78 is 1.07. The van der Waals surface area contributed by atoms with E-state index in [-0.39, 0.29) is 0 Å². The SMILES string of the molecule is CC[N+](C)(C)C.O=C([O-])CC(O)C(=O)O. The van der Waals surface area contributed by atoms with Crippen molar-refractivity contribution in [1.82, 2.24) is 0 Å². The second-order valence-corrected chi connectivity index (χ2v) is 4.04. The van der Waals surface area contributed by atoms with E-state index in [1.807, 2.05) is 0 Å². The summed E-state index contributed by atoms with van der Waals surface area (Å²) in [4.78, 5) is 19.3. The fourth-order valence-corrected chi connectivity index (χ4v) is 0.245. The first kappa shape index (κ1) is 16.3. The number of carboxylic acid groups (broad SMARTS) is 2. The molecule has 0 aliphatic heterocycles. The molecule has 0 aliphatic carbocycles. The van der Waals surface area contributed by atoms with Crippen LogP contribution in [0.2, 0.25) is 0 Å². The van der Waals surface area contributed by atoms with Crippen molar-refractivity contribution in [3.8, 4) is 0 Å². The highest BCUT2D eigenvalue weighted by Gasteiger charge is 2.11. The van der Waals surface area contributed by atoms with Crippen LogP contribution < -0.4 is 5.11 Å². The molecule has 0 rings (SSSR count). The van der Waals surface area contributed by atoms with Crippen molar-refractivity contribution >= 4 is 11.9 Å². The van der Waals surface area contributed by atoms with E-state index < -0.39 is 24.5 Å². The van der Waals surface area contributed by atoms with Crippen LogP contribution in [0.3, 0.4) is 0 Å². The van der Waals surface area contributed by atoms with Gasteiger partial charge in [0.2, 0.25) is 0 Å². The molecule has 90 valence electrons. The van der Waals surface area contributed by atoms with Crippen LogP contribution in [-0.2, 0) is 9.59 Å². The Morgan fingerprint density at radius 1 is 1.33 bits per heavy atom. The van der Waals surface area contributed by atoms with Crippen molar-refractivity contribution < 1.29 is 29.4 Å². The normalized spacial score (nSPS) is 12.3. The number of carboxylic acids is 2. The second kappa shape index (κ2) is 7.19. The smallest absolute Gasteiger partial charge is 0.332 e. The molecule has 0 radical (unpaired) electrons. The largest absolute Gasteiger partial charge is 0.550 e. The lowest BCUT2D eigenvalue weighted by molar-refractivity contribution is -0.868. The highest BCUT2D eigenvalue weighted by atomic mass is 16.4. The van der Waals surface area contributed by atoms with Gasteiger partial charge in [0.1, 0.15) is 0 Å². The minimum atomic E-state index is -1.85. The molecule has 0 aromatic rings. The van der Waals surface area contributed by atoms with Gasteiger partial charge in [0.05, 0.1) is 27.7 Å². The van der Waals surface area contributed by atoms with Crippen LogP contribution in [0.15, 0.2) is 0 Å². The third kappa shape index (κ3) is 15.6. The van der Waals surface area contributed by atoms with E-state index >= 15 is 0 Å². The first-order valence-electron chi connectivity index (χ1n) is 4.51. The van der Waals surface area contributed by atoms with Gasteiger partial charge in [-0.3, -0.25) is 0 Å².